The van der Waals surface area contributed by atoms with Crippen molar-refractivity contribution in [3.05, 3.63) is 54.5 Å². The van der Waals surface area contributed by atoms with E-state index in [2.05, 4.69) is 0 Å². The molecule has 1 aliphatic heterocycles. The van der Waals surface area contributed by atoms with Crippen molar-refractivity contribution in [2.24, 2.45) is 0 Å². The van der Waals surface area contributed by atoms with Gasteiger partial charge in [0.1, 0.15) is 0 Å². The second kappa shape index (κ2) is 8.69. The average molecular weight is 392 g/mol. The van der Waals surface area contributed by atoms with Crippen molar-refractivity contribution in [1.82, 2.24) is 9.21 Å². The molecule has 0 saturated carbocycles. The lowest BCUT2D eigenvalue weighted by Crippen LogP contribution is -2.49. The maximum Gasteiger partial charge on any atom is 0.289 e. The number of sulfonamides is 1. The summed E-state index contributed by atoms with van der Waals surface area (Å²) in [6.45, 7) is 1.57. The first-order valence-corrected chi connectivity index (χ1v) is 10.4. The number of hydrogen-bond donors (Lipinski definition) is 0. The highest BCUT2D eigenvalue weighted by Crippen LogP contribution is 2.25. The molecule has 3 rings (SSSR count). The molecule has 0 radical (unpaired) electrons. The summed E-state index contributed by atoms with van der Waals surface area (Å²) in [5, 5.41) is 0. The van der Waals surface area contributed by atoms with Crippen molar-refractivity contribution >= 4 is 15.9 Å². The first-order chi connectivity index (χ1) is 13.0. The van der Waals surface area contributed by atoms with Gasteiger partial charge in [-0.1, -0.05) is 18.2 Å². The third-order valence-electron chi connectivity index (χ3n) is 4.76. The van der Waals surface area contributed by atoms with Gasteiger partial charge >= 0.3 is 0 Å². The number of carbonyl (C=O) groups is 1. The van der Waals surface area contributed by atoms with Crippen molar-refractivity contribution in [2.45, 2.75) is 23.8 Å². The van der Waals surface area contributed by atoms with Gasteiger partial charge in [-0.05, 0) is 37.1 Å². The fourth-order valence-corrected chi connectivity index (χ4v) is 5.01. The minimum atomic E-state index is -3.62. The minimum absolute atomic E-state index is 0.159. The molecule has 0 unspecified atom stereocenters. The molecule has 1 aromatic carbocycles. The van der Waals surface area contributed by atoms with E-state index in [1.165, 1.54) is 10.6 Å². The number of piperidine rings is 1. The van der Waals surface area contributed by atoms with Gasteiger partial charge in [-0.3, -0.25) is 4.79 Å². The van der Waals surface area contributed by atoms with Crippen LogP contribution in [0, 0.1) is 0 Å². The third kappa shape index (κ3) is 4.40. The molecule has 1 amide bonds. The van der Waals surface area contributed by atoms with Gasteiger partial charge in [-0.15, -0.1) is 0 Å². The first kappa shape index (κ1) is 19.6. The van der Waals surface area contributed by atoms with E-state index >= 15 is 0 Å². The van der Waals surface area contributed by atoms with Crippen molar-refractivity contribution in [1.29, 1.82) is 0 Å². The molecule has 0 N–H and O–H groups in total. The van der Waals surface area contributed by atoms with E-state index in [1.807, 2.05) is 0 Å². The maximum atomic E-state index is 13.1. The van der Waals surface area contributed by atoms with E-state index in [9.17, 15) is 13.2 Å². The SMILES string of the molecule is COCCN(C1CCN(C(=O)c2ccco2)CC1)S(=O)(=O)c1ccccc1. The van der Waals surface area contributed by atoms with Gasteiger partial charge in [-0.25, -0.2) is 8.42 Å². The summed E-state index contributed by atoms with van der Waals surface area (Å²) in [6, 6.07) is 11.6. The number of benzene rings is 1. The zero-order valence-electron chi connectivity index (χ0n) is 15.3. The van der Waals surface area contributed by atoms with E-state index in [4.69, 9.17) is 9.15 Å². The van der Waals surface area contributed by atoms with Crippen LogP contribution in [0.5, 0.6) is 0 Å². The lowest BCUT2D eigenvalue weighted by Gasteiger charge is -2.37. The molecule has 2 heterocycles. The zero-order valence-corrected chi connectivity index (χ0v) is 16.1. The van der Waals surface area contributed by atoms with Crippen LogP contribution in [0.4, 0.5) is 0 Å². The van der Waals surface area contributed by atoms with E-state index < -0.39 is 10.0 Å². The molecule has 7 nitrogen and oxygen atoms in total. The number of furan rings is 1. The van der Waals surface area contributed by atoms with Gasteiger partial charge in [0.25, 0.3) is 5.91 Å². The number of rotatable bonds is 7. The van der Waals surface area contributed by atoms with Crippen LogP contribution in [0.2, 0.25) is 0 Å². The summed E-state index contributed by atoms with van der Waals surface area (Å²) >= 11 is 0. The average Bonchev–Trinajstić information content (AvgIpc) is 3.23. The second-order valence-electron chi connectivity index (χ2n) is 6.42. The number of carbonyl (C=O) groups excluding carboxylic acids is 1. The summed E-state index contributed by atoms with van der Waals surface area (Å²) in [5.74, 6) is 0.148. The Morgan fingerprint density at radius 1 is 1.19 bits per heavy atom. The second-order valence-corrected chi connectivity index (χ2v) is 8.31. The maximum absolute atomic E-state index is 13.1. The number of ether oxygens (including phenoxy) is 1. The highest BCUT2D eigenvalue weighted by molar-refractivity contribution is 7.89. The van der Waals surface area contributed by atoms with E-state index in [0.717, 1.165) is 0 Å². The van der Waals surface area contributed by atoms with Gasteiger partial charge in [0.05, 0.1) is 17.8 Å². The van der Waals surface area contributed by atoms with E-state index in [1.54, 1.807) is 54.5 Å². The van der Waals surface area contributed by atoms with Gasteiger partial charge < -0.3 is 14.1 Å². The van der Waals surface area contributed by atoms with Crippen molar-refractivity contribution < 1.29 is 22.4 Å². The largest absolute Gasteiger partial charge is 0.459 e. The van der Waals surface area contributed by atoms with Crippen LogP contribution in [0.25, 0.3) is 0 Å². The predicted molar refractivity (Wildman–Crippen MR) is 99.8 cm³/mol. The zero-order chi connectivity index (χ0) is 19.3. The van der Waals surface area contributed by atoms with Crippen LogP contribution >= 0.6 is 0 Å². The quantitative estimate of drug-likeness (QED) is 0.722. The first-order valence-electron chi connectivity index (χ1n) is 8.92. The van der Waals surface area contributed by atoms with Crippen LogP contribution in [0.15, 0.2) is 58.0 Å². The number of methoxy groups -OCH3 is 1. The molecule has 27 heavy (non-hydrogen) atoms. The number of likely N-dealkylation sites (tertiary alicyclic amines) is 1. The van der Waals surface area contributed by atoms with E-state index in [0.29, 0.717) is 38.3 Å². The van der Waals surface area contributed by atoms with Gasteiger partial charge in [0.15, 0.2) is 5.76 Å². The Hall–Kier alpha value is -2.16. The fraction of sp³-hybridized carbons (Fsp3) is 0.421. The molecule has 1 fully saturated rings. The molecule has 0 spiro atoms. The summed E-state index contributed by atoms with van der Waals surface area (Å²) in [5.41, 5.74) is 0. The Labute approximate surface area is 159 Å². The Morgan fingerprint density at radius 2 is 1.89 bits per heavy atom. The molecule has 8 heteroatoms. The Kier molecular flexibility index (Phi) is 6.30. The highest BCUT2D eigenvalue weighted by atomic mass is 32.2. The Morgan fingerprint density at radius 3 is 2.48 bits per heavy atom. The molecule has 146 valence electrons. The van der Waals surface area contributed by atoms with Crippen molar-refractivity contribution in [3.63, 3.8) is 0 Å². The number of nitrogens with zero attached hydrogens (tertiary/aromatic N) is 2. The summed E-state index contributed by atoms with van der Waals surface area (Å²) in [6.07, 6.45) is 2.61. The highest BCUT2D eigenvalue weighted by Gasteiger charge is 2.34. The molecule has 2 aromatic rings. The molecular weight excluding hydrogens is 368 g/mol. The summed E-state index contributed by atoms with van der Waals surface area (Å²) in [7, 11) is -2.07. The molecule has 0 bridgehead atoms. The molecule has 0 aliphatic carbocycles. The minimum Gasteiger partial charge on any atom is -0.459 e. The normalized spacial score (nSPS) is 16.0. The van der Waals surface area contributed by atoms with Crippen LogP contribution in [0.3, 0.4) is 0 Å². The molecule has 1 saturated heterocycles. The lowest BCUT2D eigenvalue weighted by atomic mass is 10.0. The van der Waals surface area contributed by atoms with Crippen molar-refractivity contribution in [2.75, 3.05) is 33.4 Å². The Bertz CT molecular complexity index is 828. The van der Waals surface area contributed by atoms with Crippen molar-refractivity contribution in [3.8, 4) is 0 Å². The molecule has 1 aliphatic rings. The van der Waals surface area contributed by atoms with Crippen LogP contribution in [-0.4, -0.2) is 62.9 Å². The summed E-state index contributed by atoms with van der Waals surface area (Å²) in [4.78, 5) is 14.4. The smallest absolute Gasteiger partial charge is 0.289 e. The molecule has 1 aromatic heterocycles. The van der Waals surface area contributed by atoms with Crippen LogP contribution < -0.4 is 0 Å². The number of hydrogen-bond acceptors (Lipinski definition) is 5. The Balaban J connectivity index is 1.72. The topological polar surface area (TPSA) is 80.1 Å². The standard InChI is InChI=1S/C19H24N2O5S/c1-25-15-13-21(27(23,24)17-6-3-2-4-7-17)16-9-11-20(12-10-16)19(22)18-8-5-14-26-18/h2-8,14,16H,9-13,15H2,1H3. The monoisotopic (exact) mass is 392 g/mol. The van der Waals surface area contributed by atoms with Gasteiger partial charge in [-0.2, -0.15) is 4.31 Å². The molecular formula is C19H24N2O5S. The number of amides is 1. The lowest BCUT2D eigenvalue weighted by molar-refractivity contribution is 0.0635. The summed E-state index contributed by atoms with van der Waals surface area (Å²) < 4.78 is 38.0. The molecule has 0 atom stereocenters. The van der Waals surface area contributed by atoms with Gasteiger partial charge in [0.2, 0.25) is 10.0 Å². The van der Waals surface area contributed by atoms with Gasteiger partial charge in [0, 0.05) is 32.8 Å². The predicted octanol–water partition coefficient (Wildman–Crippen LogP) is 2.22. The third-order valence-corrected chi connectivity index (χ3v) is 6.72. The van der Waals surface area contributed by atoms with E-state index in [-0.39, 0.29) is 23.4 Å². The van der Waals surface area contributed by atoms with Crippen LogP contribution in [-0.2, 0) is 14.8 Å². The fourth-order valence-electron chi connectivity index (χ4n) is 3.32. The van der Waals surface area contributed by atoms with Crippen LogP contribution in [0.1, 0.15) is 23.4 Å².